The van der Waals surface area contributed by atoms with E-state index in [9.17, 15) is 20.1 Å². The van der Waals surface area contributed by atoms with Crippen LogP contribution in [0.1, 0.15) is 69.1 Å². The van der Waals surface area contributed by atoms with Crippen LogP contribution in [0.4, 0.5) is 0 Å². The summed E-state index contributed by atoms with van der Waals surface area (Å²) >= 11 is 0. The largest absolute Gasteiger partial charge is 0.504 e. The number of hydrogen-bond donors (Lipinski definition) is 3. The van der Waals surface area contributed by atoms with Crippen molar-refractivity contribution in [1.29, 1.82) is 0 Å². The van der Waals surface area contributed by atoms with Gasteiger partial charge in [-0.05, 0) is 73.9 Å². The van der Waals surface area contributed by atoms with Crippen molar-refractivity contribution in [3.05, 3.63) is 41.5 Å². The molecule has 3 atom stereocenters. The number of ether oxygens (including phenoxy) is 4. The molecule has 0 unspecified atom stereocenters. The van der Waals surface area contributed by atoms with E-state index in [1.54, 1.807) is 18.2 Å². The number of phenols is 3. The van der Waals surface area contributed by atoms with Crippen LogP contribution in [0.25, 0.3) is 0 Å². The summed E-state index contributed by atoms with van der Waals surface area (Å²) in [6.45, 7) is 1.39. The number of benzene rings is 2. The molecular formula is C27H34O8. The molecule has 1 aliphatic heterocycles. The van der Waals surface area contributed by atoms with E-state index in [0.717, 1.165) is 31.2 Å². The minimum atomic E-state index is -0.440. The van der Waals surface area contributed by atoms with Crippen LogP contribution in [0.15, 0.2) is 30.3 Å². The van der Waals surface area contributed by atoms with Gasteiger partial charge in [-0.25, -0.2) is 0 Å². The Morgan fingerprint density at radius 3 is 2.49 bits per heavy atom. The molecule has 2 aromatic carbocycles. The number of aromatic hydroxyl groups is 3. The zero-order chi connectivity index (χ0) is 24.9. The SMILES string of the molecule is COc1cc(CC[C@H]2C[C@@H](OC(C)=O)C[C@@H](c3cc(O)c(O)c(OC4CCCC4)c3)O2)ccc1O. The van der Waals surface area contributed by atoms with Crippen LogP contribution in [0.5, 0.6) is 28.7 Å². The first-order valence-electron chi connectivity index (χ1n) is 12.2. The molecule has 1 heterocycles. The number of carbonyl (C=O) groups excluding carboxylic acids is 1. The van der Waals surface area contributed by atoms with E-state index >= 15 is 0 Å². The van der Waals surface area contributed by atoms with Crippen LogP contribution in [0.3, 0.4) is 0 Å². The highest BCUT2D eigenvalue weighted by molar-refractivity contribution is 5.66. The maximum Gasteiger partial charge on any atom is 0.302 e. The fraction of sp³-hybridized carbons (Fsp3) is 0.519. The normalized spacial score (nSPS) is 22.6. The summed E-state index contributed by atoms with van der Waals surface area (Å²) in [6.07, 6.45) is 5.40. The highest BCUT2D eigenvalue weighted by Gasteiger charge is 2.33. The highest BCUT2D eigenvalue weighted by Crippen LogP contribution is 2.43. The number of methoxy groups -OCH3 is 1. The fourth-order valence-corrected chi connectivity index (χ4v) is 4.98. The lowest BCUT2D eigenvalue weighted by atomic mass is 9.92. The molecular weight excluding hydrogens is 452 g/mol. The molecule has 0 radical (unpaired) electrons. The van der Waals surface area contributed by atoms with Gasteiger partial charge in [-0.3, -0.25) is 4.79 Å². The Hall–Kier alpha value is -3.13. The lowest BCUT2D eigenvalue weighted by Gasteiger charge is -2.35. The average Bonchev–Trinajstić information content (AvgIpc) is 3.34. The number of carbonyl (C=O) groups is 1. The maximum absolute atomic E-state index is 11.7. The van der Waals surface area contributed by atoms with Crippen LogP contribution >= 0.6 is 0 Å². The molecule has 0 spiro atoms. The molecule has 35 heavy (non-hydrogen) atoms. The monoisotopic (exact) mass is 486 g/mol. The highest BCUT2D eigenvalue weighted by atomic mass is 16.6. The van der Waals surface area contributed by atoms with Crippen molar-refractivity contribution in [2.75, 3.05) is 7.11 Å². The van der Waals surface area contributed by atoms with E-state index in [1.807, 2.05) is 6.07 Å². The van der Waals surface area contributed by atoms with Gasteiger partial charge in [0.15, 0.2) is 23.0 Å². The second-order valence-corrected chi connectivity index (χ2v) is 9.41. The Morgan fingerprint density at radius 1 is 1.00 bits per heavy atom. The molecule has 4 rings (SSSR count). The van der Waals surface area contributed by atoms with Crippen LogP contribution in [0.2, 0.25) is 0 Å². The molecule has 1 aliphatic carbocycles. The van der Waals surface area contributed by atoms with Crippen molar-refractivity contribution >= 4 is 5.97 Å². The number of esters is 1. The van der Waals surface area contributed by atoms with Gasteiger partial charge in [0.1, 0.15) is 6.10 Å². The van der Waals surface area contributed by atoms with Crippen molar-refractivity contribution in [1.82, 2.24) is 0 Å². The van der Waals surface area contributed by atoms with E-state index < -0.39 is 6.10 Å². The van der Waals surface area contributed by atoms with Crippen molar-refractivity contribution in [2.45, 2.75) is 82.7 Å². The first kappa shape index (κ1) is 25.0. The van der Waals surface area contributed by atoms with Crippen LogP contribution in [-0.2, 0) is 20.7 Å². The third-order valence-electron chi connectivity index (χ3n) is 6.74. The van der Waals surface area contributed by atoms with Gasteiger partial charge in [-0.2, -0.15) is 0 Å². The molecule has 1 saturated heterocycles. The van der Waals surface area contributed by atoms with E-state index in [1.165, 1.54) is 20.1 Å². The first-order chi connectivity index (χ1) is 16.8. The minimum absolute atomic E-state index is 0.0201. The molecule has 0 bridgehead atoms. The standard InChI is InChI=1S/C27H34O8/c1-16(28)33-21-14-20(9-7-17-8-10-22(29)25(11-17)32-2)35-24(15-21)18-12-23(30)27(31)26(13-18)34-19-5-3-4-6-19/h8,10-13,19-21,24,29-31H,3-7,9,14-15H2,1-2H3/t20-,21+,24-/m0/s1. The van der Waals surface area contributed by atoms with Crippen molar-refractivity contribution in [3.63, 3.8) is 0 Å². The van der Waals surface area contributed by atoms with Gasteiger partial charge < -0.3 is 34.3 Å². The summed E-state index contributed by atoms with van der Waals surface area (Å²) in [4.78, 5) is 11.7. The molecule has 8 nitrogen and oxygen atoms in total. The number of phenolic OH excluding ortho intramolecular Hbond substituents is 3. The maximum atomic E-state index is 11.7. The van der Waals surface area contributed by atoms with Gasteiger partial charge in [-0.1, -0.05) is 6.07 Å². The summed E-state index contributed by atoms with van der Waals surface area (Å²) in [5, 5.41) is 30.6. The molecule has 0 aromatic heterocycles. The van der Waals surface area contributed by atoms with Crippen LogP contribution < -0.4 is 9.47 Å². The summed E-state index contributed by atoms with van der Waals surface area (Å²) in [7, 11) is 1.51. The molecule has 2 aromatic rings. The second kappa shape index (κ2) is 11.1. The number of hydrogen-bond acceptors (Lipinski definition) is 8. The smallest absolute Gasteiger partial charge is 0.302 e. The summed E-state index contributed by atoms with van der Waals surface area (Å²) in [5.41, 5.74) is 1.66. The van der Waals surface area contributed by atoms with Gasteiger partial charge in [0, 0.05) is 19.8 Å². The predicted octanol–water partition coefficient (Wildman–Crippen LogP) is 4.92. The van der Waals surface area contributed by atoms with Gasteiger partial charge in [-0.15, -0.1) is 0 Å². The van der Waals surface area contributed by atoms with Gasteiger partial charge in [0.25, 0.3) is 0 Å². The Morgan fingerprint density at radius 2 is 1.77 bits per heavy atom. The number of aryl methyl sites for hydroxylation is 1. The Balaban J connectivity index is 1.51. The molecule has 190 valence electrons. The predicted molar refractivity (Wildman–Crippen MR) is 128 cm³/mol. The minimum Gasteiger partial charge on any atom is -0.504 e. The fourth-order valence-electron chi connectivity index (χ4n) is 4.98. The van der Waals surface area contributed by atoms with Gasteiger partial charge in [0.2, 0.25) is 5.75 Å². The third-order valence-corrected chi connectivity index (χ3v) is 6.74. The number of rotatable bonds is 8. The van der Waals surface area contributed by atoms with Crippen LogP contribution in [-0.4, -0.2) is 46.7 Å². The average molecular weight is 487 g/mol. The molecule has 8 heteroatoms. The van der Waals surface area contributed by atoms with E-state index in [-0.39, 0.29) is 47.3 Å². The Bertz CT molecular complexity index is 1030. The van der Waals surface area contributed by atoms with Crippen molar-refractivity contribution in [3.8, 4) is 28.7 Å². The molecule has 2 fully saturated rings. The van der Waals surface area contributed by atoms with E-state index in [4.69, 9.17) is 18.9 Å². The lowest BCUT2D eigenvalue weighted by Crippen LogP contribution is -2.34. The lowest BCUT2D eigenvalue weighted by molar-refractivity contribution is -0.160. The van der Waals surface area contributed by atoms with Crippen LogP contribution in [0, 0.1) is 0 Å². The molecule has 0 amide bonds. The van der Waals surface area contributed by atoms with Crippen molar-refractivity contribution in [2.24, 2.45) is 0 Å². The molecule has 3 N–H and O–H groups in total. The first-order valence-corrected chi connectivity index (χ1v) is 12.2. The topological polar surface area (TPSA) is 115 Å². The molecule has 2 aliphatic rings. The second-order valence-electron chi connectivity index (χ2n) is 9.41. The zero-order valence-corrected chi connectivity index (χ0v) is 20.2. The third kappa shape index (κ3) is 6.31. The summed E-state index contributed by atoms with van der Waals surface area (Å²) in [5.74, 6) is -0.137. The van der Waals surface area contributed by atoms with E-state index in [2.05, 4.69) is 0 Å². The van der Waals surface area contributed by atoms with Gasteiger partial charge in [0.05, 0.1) is 25.4 Å². The Kier molecular flexibility index (Phi) is 7.90. The van der Waals surface area contributed by atoms with Gasteiger partial charge >= 0.3 is 5.97 Å². The summed E-state index contributed by atoms with van der Waals surface area (Å²) in [6, 6.07) is 8.44. The zero-order valence-electron chi connectivity index (χ0n) is 20.2. The molecule has 1 saturated carbocycles. The quantitative estimate of drug-likeness (QED) is 0.356. The Labute approximate surface area is 205 Å². The van der Waals surface area contributed by atoms with E-state index in [0.29, 0.717) is 37.0 Å². The van der Waals surface area contributed by atoms with Crippen molar-refractivity contribution < 1.29 is 39.1 Å². The summed E-state index contributed by atoms with van der Waals surface area (Å²) < 4.78 is 23.1.